The maximum absolute atomic E-state index is 5.86. The van der Waals surface area contributed by atoms with Crippen LogP contribution < -0.4 is 5.73 Å². The van der Waals surface area contributed by atoms with E-state index in [9.17, 15) is 0 Å². The van der Waals surface area contributed by atoms with E-state index in [2.05, 4.69) is 21.9 Å². The van der Waals surface area contributed by atoms with Crippen molar-refractivity contribution in [1.82, 2.24) is 19.5 Å². The quantitative estimate of drug-likeness (QED) is 0.805. The van der Waals surface area contributed by atoms with Crippen LogP contribution in [-0.2, 0) is 4.74 Å². The maximum atomic E-state index is 5.86. The van der Waals surface area contributed by atoms with Crippen LogP contribution in [0.5, 0.6) is 0 Å². The van der Waals surface area contributed by atoms with Crippen LogP contribution in [-0.4, -0.2) is 25.6 Å². The minimum Gasteiger partial charge on any atom is -0.382 e. The fourth-order valence-electron chi connectivity index (χ4n) is 2.35. The summed E-state index contributed by atoms with van der Waals surface area (Å²) in [5.41, 5.74) is 7.22. The molecule has 0 amide bonds. The first-order chi connectivity index (χ1) is 8.16. The third-order valence-electron chi connectivity index (χ3n) is 3.18. The minimum absolute atomic E-state index is 0.0179. The molecule has 2 N–H and O–H groups in total. The zero-order valence-corrected chi connectivity index (χ0v) is 9.92. The standard InChI is InChI=1S/C11H15N5O/c1-6-3-4-8(17-6)16-7(2)15-9-10(12)13-5-14-11(9)16/h5-6,8H,3-4H2,1-2H3,(H2,12,13,14). The zero-order chi connectivity index (χ0) is 12.0. The molecule has 2 unspecified atom stereocenters. The summed E-state index contributed by atoms with van der Waals surface area (Å²) in [5.74, 6) is 1.29. The van der Waals surface area contributed by atoms with Crippen molar-refractivity contribution >= 4 is 17.0 Å². The van der Waals surface area contributed by atoms with Crippen LogP contribution in [0.3, 0.4) is 0 Å². The number of nitrogen functional groups attached to an aromatic ring is 1. The van der Waals surface area contributed by atoms with Crippen molar-refractivity contribution in [3.8, 4) is 0 Å². The Kier molecular flexibility index (Phi) is 2.25. The molecule has 17 heavy (non-hydrogen) atoms. The summed E-state index contributed by atoms with van der Waals surface area (Å²) < 4.78 is 7.87. The molecule has 1 fully saturated rings. The van der Waals surface area contributed by atoms with Crippen molar-refractivity contribution < 1.29 is 4.74 Å². The predicted molar refractivity (Wildman–Crippen MR) is 63.3 cm³/mol. The van der Waals surface area contributed by atoms with Crippen LogP contribution in [0.2, 0.25) is 0 Å². The number of anilines is 1. The average Bonchev–Trinajstić information content (AvgIpc) is 2.82. The third kappa shape index (κ3) is 1.56. The van der Waals surface area contributed by atoms with Crippen LogP contribution in [0.4, 0.5) is 5.82 Å². The van der Waals surface area contributed by atoms with E-state index in [0.717, 1.165) is 24.3 Å². The molecule has 2 aromatic heterocycles. The number of aromatic nitrogens is 4. The number of aryl methyl sites for hydroxylation is 1. The molecule has 1 aliphatic rings. The predicted octanol–water partition coefficient (Wildman–Crippen LogP) is 1.41. The van der Waals surface area contributed by atoms with Gasteiger partial charge in [0.1, 0.15) is 18.4 Å². The molecule has 0 radical (unpaired) electrons. The van der Waals surface area contributed by atoms with Crippen molar-refractivity contribution in [2.75, 3.05) is 5.73 Å². The van der Waals surface area contributed by atoms with E-state index in [1.54, 1.807) is 0 Å². The van der Waals surface area contributed by atoms with Crippen molar-refractivity contribution in [2.45, 2.75) is 39.0 Å². The summed E-state index contributed by atoms with van der Waals surface area (Å²) >= 11 is 0. The van der Waals surface area contributed by atoms with Gasteiger partial charge in [0.2, 0.25) is 0 Å². The summed E-state index contributed by atoms with van der Waals surface area (Å²) in [6.45, 7) is 4.02. The third-order valence-corrected chi connectivity index (χ3v) is 3.18. The lowest BCUT2D eigenvalue weighted by molar-refractivity contribution is 0.0120. The van der Waals surface area contributed by atoms with Gasteiger partial charge in [-0.15, -0.1) is 0 Å². The number of ether oxygens (including phenoxy) is 1. The Labute approximate surface area is 98.8 Å². The molecule has 0 aliphatic carbocycles. The Morgan fingerprint density at radius 3 is 2.94 bits per heavy atom. The Morgan fingerprint density at radius 2 is 2.24 bits per heavy atom. The molecule has 1 aliphatic heterocycles. The molecule has 0 aromatic carbocycles. The van der Waals surface area contributed by atoms with Gasteiger partial charge in [0, 0.05) is 0 Å². The molecule has 2 aromatic rings. The SMILES string of the molecule is Cc1nc2c(N)ncnc2n1C1CCC(C)O1. The first-order valence-electron chi connectivity index (χ1n) is 5.77. The van der Waals surface area contributed by atoms with Gasteiger partial charge < -0.3 is 10.5 Å². The summed E-state index contributed by atoms with van der Waals surface area (Å²) in [5, 5.41) is 0. The lowest BCUT2D eigenvalue weighted by Crippen LogP contribution is -2.11. The number of hydrogen-bond acceptors (Lipinski definition) is 5. The molecule has 6 nitrogen and oxygen atoms in total. The van der Waals surface area contributed by atoms with Crippen LogP contribution in [0.1, 0.15) is 31.8 Å². The van der Waals surface area contributed by atoms with Gasteiger partial charge in [-0.1, -0.05) is 0 Å². The van der Waals surface area contributed by atoms with Gasteiger partial charge >= 0.3 is 0 Å². The molecule has 90 valence electrons. The highest BCUT2D eigenvalue weighted by molar-refractivity contribution is 5.81. The topological polar surface area (TPSA) is 78.9 Å². The number of imidazole rings is 1. The first-order valence-corrected chi connectivity index (χ1v) is 5.77. The van der Waals surface area contributed by atoms with Gasteiger partial charge in [0.25, 0.3) is 0 Å². The number of fused-ring (bicyclic) bond motifs is 1. The van der Waals surface area contributed by atoms with Crippen molar-refractivity contribution in [2.24, 2.45) is 0 Å². The second kappa shape index (κ2) is 3.66. The van der Waals surface area contributed by atoms with Crippen LogP contribution in [0.25, 0.3) is 11.2 Å². The molecule has 3 heterocycles. The molecule has 0 saturated carbocycles. The monoisotopic (exact) mass is 233 g/mol. The van der Waals surface area contributed by atoms with Gasteiger partial charge in [-0.25, -0.2) is 15.0 Å². The molecular formula is C11H15N5O. The van der Waals surface area contributed by atoms with Gasteiger partial charge in [0.05, 0.1) is 6.10 Å². The van der Waals surface area contributed by atoms with Crippen molar-refractivity contribution in [1.29, 1.82) is 0 Å². The average molecular weight is 233 g/mol. The smallest absolute Gasteiger partial charge is 0.167 e. The van der Waals surface area contributed by atoms with E-state index in [1.807, 2.05) is 11.5 Å². The van der Waals surface area contributed by atoms with E-state index < -0.39 is 0 Å². The van der Waals surface area contributed by atoms with Crippen molar-refractivity contribution in [3.05, 3.63) is 12.2 Å². The largest absolute Gasteiger partial charge is 0.382 e. The van der Waals surface area contributed by atoms with E-state index in [4.69, 9.17) is 10.5 Å². The van der Waals surface area contributed by atoms with E-state index in [0.29, 0.717) is 11.3 Å². The van der Waals surface area contributed by atoms with Crippen LogP contribution in [0.15, 0.2) is 6.33 Å². The number of nitrogens with two attached hydrogens (primary N) is 1. The highest BCUT2D eigenvalue weighted by Crippen LogP contribution is 2.32. The maximum Gasteiger partial charge on any atom is 0.167 e. The highest BCUT2D eigenvalue weighted by atomic mass is 16.5. The van der Waals surface area contributed by atoms with E-state index in [1.165, 1.54) is 6.33 Å². The molecule has 3 rings (SSSR count). The molecular weight excluding hydrogens is 218 g/mol. The van der Waals surface area contributed by atoms with Crippen molar-refractivity contribution in [3.63, 3.8) is 0 Å². The van der Waals surface area contributed by atoms with Gasteiger partial charge in [0.15, 0.2) is 17.0 Å². The number of hydrogen-bond donors (Lipinski definition) is 1. The summed E-state index contributed by atoms with van der Waals surface area (Å²) in [7, 11) is 0. The fraction of sp³-hybridized carbons (Fsp3) is 0.545. The normalized spacial score (nSPS) is 24.6. The lowest BCUT2D eigenvalue weighted by atomic mass is 10.2. The molecule has 0 spiro atoms. The number of nitrogens with zero attached hydrogens (tertiary/aromatic N) is 4. The molecule has 0 bridgehead atoms. The molecule has 6 heteroatoms. The fourth-order valence-corrected chi connectivity index (χ4v) is 2.35. The molecule has 1 saturated heterocycles. The summed E-state index contributed by atoms with van der Waals surface area (Å²) in [6, 6.07) is 0. The van der Waals surface area contributed by atoms with E-state index >= 15 is 0 Å². The first kappa shape index (κ1) is 10.5. The second-order valence-electron chi connectivity index (χ2n) is 4.44. The van der Waals surface area contributed by atoms with Gasteiger partial charge in [-0.05, 0) is 26.7 Å². The van der Waals surface area contributed by atoms with Crippen LogP contribution in [0, 0.1) is 6.92 Å². The van der Waals surface area contributed by atoms with Crippen LogP contribution >= 0.6 is 0 Å². The Bertz CT molecular complexity index is 564. The minimum atomic E-state index is 0.0179. The highest BCUT2D eigenvalue weighted by Gasteiger charge is 2.27. The molecule has 2 atom stereocenters. The Hall–Kier alpha value is -1.69. The Balaban J connectivity index is 2.16. The summed E-state index contributed by atoms with van der Waals surface area (Å²) in [4.78, 5) is 12.6. The van der Waals surface area contributed by atoms with Gasteiger partial charge in [-0.3, -0.25) is 4.57 Å². The lowest BCUT2D eigenvalue weighted by Gasteiger charge is -2.14. The van der Waals surface area contributed by atoms with Gasteiger partial charge in [-0.2, -0.15) is 0 Å². The number of rotatable bonds is 1. The zero-order valence-electron chi connectivity index (χ0n) is 9.92. The summed E-state index contributed by atoms with van der Waals surface area (Å²) in [6.07, 6.45) is 3.82. The van der Waals surface area contributed by atoms with E-state index in [-0.39, 0.29) is 12.3 Å². The Morgan fingerprint density at radius 1 is 1.41 bits per heavy atom. The second-order valence-corrected chi connectivity index (χ2v) is 4.44.